The van der Waals surface area contributed by atoms with Gasteiger partial charge in [0.25, 0.3) is 0 Å². The van der Waals surface area contributed by atoms with E-state index in [9.17, 15) is 4.79 Å². The zero-order chi connectivity index (χ0) is 16.2. The van der Waals surface area contributed by atoms with Crippen LogP contribution in [0.5, 0.6) is 0 Å². The van der Waals surface area contributed by atoms with Gasteiger partial charge in [-0.3, -0.25) is 4.79 Å². The van der Waals surface area contributed by atoms with E-state index in [1.54, 1.807) is 11.3 Å². The number of nitrogens with zero attached hydrogens (tertiary/aromatic N) is 1. The van der Waals surface area contributed by atoms with Crippen LogP contribution in [0.15, 0.2) is 30.5 Å². The van der Waals surface area contributed by atoms with Crippen LogP contribution in [0.1, 0.15) is 27.6 Å². The second kappa shape index (κ2) is 6.96. The van der Waals surface area contributed by atoms with Gasteiger partial charge < -0.3 is 10.3 Å². The van der Waals surface area contributed by atoms with Gasteiger partial charge in [0.1, 0.15) is 0 Å². The molecule has 0 atom stereocenters. The lowest BCUT2D eigenvalue weighted by atomic mass is 10.1. The highest BCUT2D eigenvalue weighted by Crippen LogP contribution is 2.19. The average Bonchev–Trinajstić information content (AvgIpc) is 3.08. The molecule has 0 aliphatic carbocycles. The molecule has 4 nitrogen and oxygen atoms in total. The normalized spacial score (nSPS) is 11.0. The molecule has 5 heteroatoms. The number of hydrogen-bond donors (Lipinski definition) is 2. The van der Waals surface area contributed by atoms with Crippen LogP contribution in [0.3, 0.4) is 0 Å². The smallest absolute Gasteiger partial charge is 0.220 e. The predicted molar refractivity (Wildman–Crippen MR) is 94.9 cm³/mol. The molecule has 0 saturated carbocycles. The Bertz CT molecular complexity index is 819. The van der Waals surface area contributed by atoms with Gasteiger partial charge in [-0.05, 0) is 38.3 Å². The Morgan fingerprint density at radius 2 is 2.09 bits per heavy atom. The van der Waals surface area contributed by atoms with E-state index in [0.717, 1.165) is 29.1 Å². The molecule has 23 heavy (non-hydrogen) atoms. The van der Waals surface area contributed by atoms with Crippen molar-refractivity contribution >= 4 is 28.1 Å². The van der Waals surface area contributed by atoms with Crippen LogP contribution >= 0.6 is 11.3 Å². The van der Waals surface area contributed by atoms with E-state index in [-0.39, 0.29) is 5.91 Å². The monoisotopic (exact) mass is 327 g/mol. The third-order valence-electron chi connectivity index (χ3n) is 3.97. The van der Waals surface area contributed by atoms with E-state index < -0.39 is 0 Å². The van der Waals surface area contributed by atoms with Crippen molar-refractivity contribution in [3.8, 4) is 0 Å². The Balaban J connectivity index is 1.47. The summed E-state index contributed by atoms with van der Waals surface area (Å²) in [7, 11) is 0. The summed E-state index contributed by atoms with van der Waals surface area (Å²) in [6.07, 6.45) is 4.17. The number of fused-ring (bicyclic) bond motifs is 1. The molecule has 2 N–H and O–H groups in total. The van der Waals surface area contributed by atoms with Crippen LogP contribution in [0.4, 0.5) is 0 Å². The molecule has 3 rings (SSSR count). The fraction of sp³-hybridized carbons (Fsp3) is 0.333. The third-order valence-corrected chi connectivity index (χ3v) is 5.10. The molecule has 0 aliphatic heterocycles. The van der Waals surface area contributed by atoms with E-state index in [2.05, 4.69) is 27.4 Å². The second-order valence-corrected chi connectivity index (χ2v) is 6.99. The van der Waals surface area contributed by atoms with Crippen molar-refractivity contribution in [2.75, 3.05) is 6.54 Å². The van der Waals surface area contributed by atoms with Crippen LogP contribution in [-0.2, 0) is 17.6 Å². The first kappa shape index (κ1) is 15.7. The number of aromatic nitrogens is 2. The number of amides is 1. The number of para-hydroxylation sites is 1. The Labute approximate surface area is 140 Å². The molecule has 2 heterocycles. The number of thiazole rings is 1. The zero-order valence-corrected chi connectivity index (χ0v) is 14.3. The molecule has 0 saturated heterocycles. The van der Waals surface area contributed by atoms with E-state index in [4.69, 9.17) is 0 Å². The van der Waals surface area contributed by atoms with Crippen molar-refractivity contribution in [1.29, 1.82) is 0 Å². The number of rotatable bonds is 6. The SMILES string of the molecule is Cc1nc(C)c(CCC(=O)NCCc2c[nH]c3ccccc23)s1. The van der Waals surface area contributed by atoms with E-state index in [1.807, 2.05) is 32.2 Å². The van der Waals surface area contributed by atoms with E-state index in [1.165, 1.54) is 15.8 Å². The lowest BCUT2D eigenvalue weighted by molar-refractivity contribution is -0.121. The Morgan fingerprint density at radius 1 is 1.26 bits per heavy atom. The summed E-state index contributed by atoms with van der Waals surface area (Å²) in [4.78, 5) is 20.9. The number of nitrogens with one attached hydrogen (secondary N) is 2. The summed E-state index contributed by atoms with van der Waals surface area (Å²) in [5.41, 5.74) is 3.44. The molecular formula is C18H21N3OS. The van der Waals surface area contributed by atoms with Crippen LogP contribution < -0.4 is 5.32 Å². The van der Waals surface area contributed by atoms with Crippen molar-refractivity contribution in [3.63, 3.8) is 0 Å². The quantitative estimate of drug-likeness (QED) is 0.727. The van der Waals surface area contributed by atoms with Crippen LogP contribution in [0.2, 0.25) is 0 Å². The van der Waals surface area contributed by atoms with Gasteiger partial charge in [-0.1, -0.05) is 18.2 Å². The summed E-state index contributed by atoms with van der Waals surface area (Å²) < 4.78 is 0. The second-order valence-electron chi connectivity index (χ2n) is 5.70. The highest BCUT2D eigenvalue weighted by atomic mass is 32.1. The number of carbonyl (C=O) groups excluding carboxylic acids is 1. The number of hydrogen-bond acceptors (Lipinski definition) is 3. The average molecular weight is 327 g/mol. The molecule has 3 aromatic rings. The minimum atomic E-state index is 0.107. The number of benzene rings is 1. The van der Waals surface area contributed by atoms with Crippen molar-refractivity contribution in [2.24, 2.45) is 0 Å². The Hall–Kier alpha value is -2.14. The minimum Gasteiger partial charge on any atom is -0.361 e. The van der Waals surface area contributed by atoms with Crippen LogP contribution in [0.25, 0.3) is 10.9 Å². The summed E-state index contributed by atoms with van der Waals surface area (Å²) >= 11 is 1.68. The number of aryl methyl sites for hydroxylation is 3. The van der Waals surface area contributed by atoms with Crippen LogP contribution in [0, 0.1) is 13.8 Å². The molecule has 0 unspecified atom stereocenters. The number of H-pyrrole nitrogens is 1. The molecule has 2 aromatic heterocycles. The van der Waals surface area contributed by atoms with E-state index >= 15 is 0 Å². The maximum absolute atomic E-state index is 12.0. The first-order valence-corrected chi connectivity index (χ1v) is 8.69. The molecule has 0 aliphatic rings. The summed E-state index contributed by atoms with van der Waals surface area (Å²) in [5, 5.41) is 5.31. The first-order valence-electron chi connectivity index (χ1n) is 7.88. The molecule has 0 bridgehead atoms. The lowest BCUT2D eigenvalue weighted by Gasteiger charge is -2.04. The maximum atomic E-state index is 12.0. The number of carbonyl (C=O) groups is 1. The van der Waals surface area contributed by atoms with Crippen molar-refractivity contribution in [3.05, 3.63) is 51.6 Å². The van der Waals surface area contributed by atoms with Crippen molar-refractivity contribution in [2.45, 2.75) is 33.1 Å². The Kier molecular flexibility index (Phi) is 4.76. The fourth-order valence-corrected chi connectivity index (χ4v) is 3.73. The lowest BCUT2D eigenvalue weighted by Crippen LogP contribution is -2.25. The summed E-state index contributed by atoms with van der Waals surface area (Å²) in [6.45, 7) is 4.68. The topological polar surface area (TPSA) is 57.8 Å². The molecule has 0 spiro atoms. The van der Waals surface area contributed by atoms with Crippen LogP contribution in [-0.4, -0.2) is 22.4 Å². The summed E-state index contributed by atoms with van der Waals surface area (Å²) in [6, 6.07) is 8.24. The van der Waals surface area contributed by atoms with Crippen molar-refractivity contribution < 1.29 is 4.79 Å². The van der Waals surface area contributed by atoms with Gasteiger partial charge in [0.05, 0.1) is 10.7 Å². The fourth-order valence-electron chi connectivity index (χ4n) is 2.80. The molecule has 0 fully saturated rings. The standard InChI is InChI=1S/C18H21N3OS/c1-12-17(23-13(2)21-12)7-8-18(22)19-10-9-14-11-20-16-6-4-3-5-15(14)16/h3-6,11,20H,7-10H2,1-2H3,(H,19,22). The van der Waals surface area contributed by atoms with Crippen molar-refractivity contribution in [1.82, 2.24) is 15.3 Å². The maximum Gasteiger partial charge on any atom is 0.220 e. The largest absolute Gasteiger partial charge is 0.361 e. The first-order chi connectivity index (χ1) is 11.1. The molecule has 1 amide bonds. The third kappa shape index (κ3) is 3.79. The summed E-state index contributed by atoms with van der Waals surface area (Å²) in [5.74, 6) is 0.107. The van der Waals surface area contributed by atoms with Gasteiger partial charge in [-0.15, -0.1) is 11.3 Å². The predicted octanol–water partition coefficient (Wildman–Crippen LogP) is 3.53. The van der Waals surface area contributed by atoms with Gasteiger partial charge in [0, 0.05) is 34.9 Å². The molecule has 120 valence electrons. The van der Waals surface area contributed by atoms with Gasteiger partial charge in [-0.2, -0.15) is 0 Å². The van der Waals surface area contributed by atoms with Gasteiger partial charge in [-0.25, -0.2) is 4.98 Å². The highest BCUT2D eigenvalue weighted by Gasteiger charge is 2.08. The van der Waals surface area contributed by atoms with Gasteiger partial charge in [0.15, 0.2) is 0 Å². The van der Waals surface area contributed by atoms with Gasteiger partial charge >= 0.3 is 0 Å². The molecule has 1 aromatic carbocycles. The zero-order valence-electron chi connectivity index (χ0n) is 13.5. The number of aromatic amines is 1. The highest BCUT2D eigenvalue weighted by molar-refractivity contribution is 7.11. The van der Waals surface area contributed by atoms with E-state index in [0.29, 0.717) is 13.0 Å². The van der Waals surface area contributed by atoms with Gasteiger partial charge in [0.2, 0.25) is 5.91 Å². The Morgan fingerprint density at radius 3 is 2.87 bits per heavy atom. The minimum absolute atomic E-state index is 0.107. The molecular weight excluding hydrogens is 306 g/mol. The molecule has 0 radical (unpaired) electrons.